The molecule has 0 heterocycles. The molecule has 0 bridgehead atoms. The van der Waals surface area contributed by atoms with Crippen LogP contribution in [0.5, 0.6) is 0 Å². The molecule has 0 amide bonds. The van der Waals surface area contributed by atoms with Gasteiger partial charge in [0.1, 0.15) is 0 Å². The Labute approximate surface area is 161 Å². The summed E-state index contributed by atoms with van der Waals surface area (Å²) in [6.07, 6.45) is 12.7. The molecule has 3 nitrogen and oxygen atoms in total. The molecular formula is C20H40BrNO2. The van der Waals surface area contributed by atoms with Gasteiger partial charge in [-0.1, -0.05) is 58.4 Å². The number of rotatable bonds is 15. The molecule has 0 aromatic carbocycles. The molecule has 0 rings (SSSR count). The topological polar surface area (TPSA) is 26.3 Å². The van der Waals surface area contributed by atoms with E-state index in [1.807, 2.05) is 0 Å². The molecule has 0 aliphatic heterocycles. The van der Waals surface area contributed by atoms with Crippen LogP contribution in [-0.2, 0) is 9.53 Å². The number of esters is 1. The van der Waals surface area contributed by atoms with E-state index in [1.165, 1.54) is 51.0 Å². The Hall–Kier alpha value is -0.350. The van der Waals surface area contributed by atoms with Crippen LogP contribution in [0.3, 0.4) is 0 Å². The van der Waals surface area contributed by atoms with Crippen LogP contribution in [0.4, 0.5) is 0 Å². The number of quaternary nitrogens is 1. The van der Waals surface area contributed by atoms with Crippen LogP contribution < -0.4 is 17.0 Å². The van der Waals surface area contributed by atoms with Gasteiger partial charge < -0.3 is 21.7 Å². The number of nitrogens with zero attached hydrogens (tertiary/aromatic N) is 1. The standard InChI is InChI=1S/C20H40NO2.BrH/c1-6-11-12-13-14-15-16-17-18-19(23-20(22)7-2)21(8-3,9-4)10-5;/h7,19H,2,6,8-18H2,1,3-5H3;1H/q+1;/p-1. The molecule has 0 N–H and O–H groups in total. The van der Waals surface area contributed by atoms with Gasteiger partial charge in [0.25, 0.3) is 0 Å². The van der Waals surface area contributed by atoms with E-state index in [4.69, 9.17) is 4.74 Å². The van der Waals surface area contributed by atoms with Gasteiger partial charge in [0.05, 0.1) is 19.6 Å². The van der Waals surface area contributed by atoms with Crippen molar-refractivity contribution in [2.45, 2.75) is 91.7 Å². The predicted octanol–water partition coefficient (Wildman–Crippen LogP) is 2.45. The lowest BCUT2D eigenvalue weighted by Crippen LogP contribution is -3.00. The van der Waals surface area contributed by atoms with Crippen LogP contribution in [0.25, 0.3) is 0 Å². The molecule has 1 atom stereocenters. The van der Waals surface area contributed by atoms with Crippen molar-refractivity contribution in [3.05, 3.63) is 12.7 Å². The van der Waals surface area contributed by atoms with Crippen molar-refractivity contribution in [3.63, 3.8) is 0 Å². The average Bonchev–Trinajstić information content (AvgIpc) is 2.58. The molecular weight excluding hydrogens is 366 g/mol. The van der Waals surface area contributed by atoms with Crippen LogP contribution in [-0.4, -0.2) is 36.3 Å². The molecule has 4 heteroatoms. The molecule has 0 saturated carbocycles. The maximum absolute atomic E-state index is 11.7. The van der Waals surface area contributed by atoms with Crippen LogP contribution in [0.1, 0.15) is 85.5 Å². The minimum Gasteiger partial charge on any atom is -1.00 e. The molecule has 0 fully saturated rings. The van der Waals surface area contributed by atoms with Crippen LogP contribution in [0.2, 0.25) is 0 Å². The van der Waals surface area contributed by atoms with Crippen molar-refractivity contribution < 1.29 is 31.0 Å². The van der Waals surface area contributed by atoms with Crippen LogP contribution in [0, 0.1) is 0 Å². The maximum Gasteiger partial charge on any atom is 0.334 e. The third kappa shape index (κ3) is 9.83. The van der Waals surface area contributed by atoms with E-state index < -0.39 is 0 Å². The molecule has 0 spiro atoms. The summed E-state index contributed by atoms with van der Waals surface area (Å²) < 4.78 is 6.57. The normalized spacial score (nSPS) is 12.3. The van der Waals surface area contributed by atoms with Crippen molar-refractivity contribution >= 4 is 5.97 Å². The van der Waals surface area contributed by atoms with E-state index in [9.17, 15) is 4.79 Å². The minimum absolute atomic E-state index is 0. The van der Waals surface area contributed by atoms with Crippen molar-refractivity contribution in [1.82, 2.24) is 0 Å². The fraction of sp³-hybridized carbons (Fsp3) is 0.850. The number of halogens is 1. The summed E-state index contributed by atoms with van der Waals surface area (Å²) in [5.74, 6) is -0.285. The van der Waals surface area contributed by atoms with Crippen LogP contribution >= 0.6 is 0 Å². The van der Waals surface area contributed by atoms with Gasteiger partial charge in [0.2, 0.25) is 6.23 Å². The van der Waals surface area contributed by atoms with Crippen molar-refractivity contribution in [2.75, 3.05) is 19.6 Å². The summed E-state index contributed by atoms with van der Waals surface area (Å²) in [4.78, 5) is 11.7. The highest BCUT2D eigenvalue weighted by atomic mass is 79.9. The molecule has 0 saturated heterocycles. The Kier molecular flexibility index (Phi) is 17.4. The number of hydrogen-bond acceptors (Lipinski definition) is 2. The number of hydrogen-bond donors (Lipinski definition) is 0. The fourth-order valence-corrected chi connectivity index (χ4v) is 3.36. The molecule has 1 unspecified atom stereocenters. The first-order valence-electron chi connectivity index (χ1n) is 9.78. The minimum atomic E-state index is -0.285. The Bertz CT molecular complexity index is 308. The second-order valence-electron chi connectivity index (χ2n) is 6.53. The second kappa shape index (κ2) is 16.1. The van der Waals surface area contributed by atoms with E-state index in [0.717, 1.165) is 37.0 Å². The van der Waals surface area contributed by atoms with Gasteiger partial charge in [0, 0.05) is 12.5 Å². The SMILES string of the molecule is C=CC(=O)OC(CCCCCCCCCC)[N+](CC)(CC)CC.[Br-]. The number of ether oxygens (including phenoxy) is 1. The Balaban J connectivity index is 0. The third-order valence-electron chi connectivity index (χ3n) is 5.22. The monoisotopic (exact) mass is 405 g/mol. The number of carbonyl (C=O) groups excluding carboxylic acids is 1. The molecule has 0 aromatic heterocycles. The Morgan fingerprint density at radius 3 is 1.79 bits per heavy atom. The highest BCUT2D eigenvalue weighted by Crippen LogP contribution is 2.21. The van der Waals surface area contributed by atoms with Gasteiger partial charge in [-0.3, -0.25) is 4.48 Å². The van der Waals surface area contributed by atoms with Gasteiger partial charge >= 0.3 is 5.97 Å². The molecule has 0 aliphatic rings. The van der Waals surface area contributed by atoms with Gasteiger partial charge in [-0.15, -0.1) is 0 Å². The second-order valence-corrected chi connectivity index (χ2v) is 6.53. The van der Waals surface area contributed by atoms with Gasteiger partial charge in [-0.05, 0) is 27.2 Å². The first-order chi connectivity index (χ1) is 11.1. The lowest BCUT2D eigenvalue weighted by molar-refractivity contribution is -0.965. The Morgan fingerprint density at radius 1 is 0.917 bits per heavy atom. The summed E-state index contributed by atoms with van der Waals surface area (Å²) in [5, 5.41) is 0. The summed E-state index contributed by atoms with van der Waals surface area (Å²) in [6.45, 7) is 15.4. The van der Waals surface area contributed by atoms with Crippen molar-refractivity contribution in [2.24, 2.45) is 0 Å². The Morgan fingerprint density at radius 2 is 1.38 bits per heavy atom. The highest BCUT2D eigenvalue weighted by molar-refractivity contribution is 5.81. The first-order valence-corrected chi connectivity index (χ1v) is 9.78. The van der Waals surface area contributed by atoms with E-state index >= 15 is 0 Å². The molecule has 0 aliphatic carbocycles. The quantitative estimate of drug-likeness (QED) is 0.137. The van der Waals surface area contributed by atoms with E-state index in [0.29, 0.717) is 0 Å². The zero-order chi connectivity index (χ0) is 17.6. The van der Waals surface area contributed by atoms with Gasteiger partial charge in [-0.2, -0.15) is 0 Å². The van der Waals surface area contributed by atoms with Crippen molar-refractivity contribution in [3.8, 4) is 0 Å². The van der Waals surface area contributed by atoms with Crippen LogP contribution in [0.15, 0.2) is 12.7 Å². The van der Waals surface area contributed by atoms with Gasteiger partial charge in [-0.25, -0.2) is 4.79 Å². The van der Waals surface area contributed by atoms with Crippen molar-refractivity contribution in [1.29, 1.82) is 0 Å². The lowest BCUT2D eigenvalue weighted by atomic mass is 10.1. The first kappa shape index (κ1) is 25.9. The average molecular weight is 406 g/mol. The third-order valence-corrected chi connectivity index (χ3v) is 5.22. The summed E-state index contributed by atoms with van der Waals surface area (Å²) >= 11 is 0. The number of unbranched alkanes of at least 4 members (excludes halogenated alkanes) is 7. The predicted molar refractivity (Wildman–Crippen MR) is 99.2 cm³/mol. The highest BCUT2D eigenvalue weighted by Gasteiger charge is 2.34. The molecule has 144 valence electrons. The smallest absolute Gasteiger partial charge is 0.334 e. The van der Waals surface area contributed by atoms with E-state index in [2.05, 4.69) is 34.3 Å². The van der Waals surface area contributed by atoms with E-state index in [1.54, 1.807) is 0 Å². The largest absolute Gasteiger partial charge is 1.00 e. The lowest BCUT2D eigenvalue weighted by Gasteiger charge is -2.41. The molecule has 0 radical (unpaired) electrons. The van der Waals surface area contributed by atoms with Gasteiger partial charge in [0.15, 0.2) is 0 Å². The van der Waals surface area contributed by atoms with E-state index in [-0.39, 0.29) is 29.2 Å². The summed E-state index contributed by atoms with van der Waals surface area (Å²) in [6, 6.07) is 0. The zero-order valence-corrected chi connectivity index (χ0v) is 18.1. The molecule has 0 aromatic rings. The summed E-state index contributed by atoms with van der Waals surface area (Å²) in [7, 11) is 0. The summed E-state index contributed by atoms with van der Waals surface area (Å²) in [5.41, 5.74) is 0. The number of carbonyl (C=O) groups is 1. The maximum atomic E-state index is 11.7. The fourth-order valence-electron chi connectivity index (χ4n) is 3.36. The molecule has 24 heavy (non-hydrogen) atoms. The zero-order valence-electron chi connectivity index (χ0n) is 16.5.